The van der Waals surface area contributed by atoms with Crippen LogP contribution in [-0.4, -0.2) is 26.3 Å². The van der Waals surface area contributed by atoms with E-state index >= 15 is 0 Å². The number of benzene rings is 1. The van der Waals surface area contributed by atoms with E-state index in [4.69, 9.17) is 5.73 Å². The van der Waals surface area contributed by atoms with Crippen molar-refractivity contribution in [3.8, 4) is 11.3 Å². The molecule has 0 aliphatic heterocycles. The van der Waals surface area contributed by atoms with Crippen LogP contribution in [0.2, 0.25) is 0 Å². The van der Waals surface area contributed by atoms with Crippen LogP contribution >= 0.6 is 0 Å². The lowest BCUT2D eigenvalue weighted by Crippen LogP contribution is -2.10. The number of anilines is 1. The van der Waals surface area contributed by atoms with Crippen LogP contribution in [0.25, 0.3) is 16.9 Å². The van der Waals surface area contributed by atoms with E-state index in [2.05, 4.69) is 15.3 Å². The maximum Gasteiger partial charge on any atom is 0.248 e. The average Bonchev–Trinajstić information content (AvgIpc) is 3.24. The number of nitrogens with zero attached hydrogens (tertiary/aromatic N) is 3. The Morgan fingerprint density at radius 3 is 2.68 bits per heavy atom. The van der Waals surface area contributed by atoms with Gasteiger partial charge in [-0.25, -0.2) is 9.97 Å². The van der Waals surface area contributed by atoms with E-state index in [9.17, 15) is 4.79 Å². The number of primary amides is 1. The number of hydrogen-bond donors (Lipinski definition) is 2. The highest BCUT2D eigenvalue weighted by Gasteiger charge is 2.23. The minimum atomic E-state index is -0.426. The molecule has 1 aliphatic rings. The highest BCUT2D eigenvalue weighted by molar-refractivity contribution is 5.93. The lowest BCUT2D eigenvalue weighted by Gasteiger charge is -2.06. The molecule has 1 fully saturated rings. The average molecular weight is 293 g/mol. The predicted octanol–water partition coefficient (Wildman–Crippen LogP) is 2.07. The number of nitrogens with one attached hydrogen (secondary N) is 1. The number of amides is 1. The first-order valence-electron chi connectivity index (χ1n) is 7.21. The summed E-state index contributed by atoms with van der Waals surface area (Å²) in [5.41, 5.74) is 8.50. The number of nitrogens with two attached hydrogens (primary N) is 1. The first-order valence-corrected chi connectivity index (χ1v) is 7.21. The normalized spacial score (nSPS) is 14.2. The highest BCUT2D eigenvalue weighted by Crippen LogP contribution is 2.28. The molecule has 6 nitrogen and oxygen atoms in total. The van der Waals surface area contributed by atoms with Gasteiger partial charge in [-0.15, -0.1) is 0 Å². The van der Waals surface area contributed by atoms with Crippen LogP contribution in [0.4, 0.5) is 5.82 Å². The number of carbonyl (C=O) groups is 1. The predicted molar refractivity (Wildman–Crippen MR) is 83.6 cm³/mol. The Bertz CT molecular complexity index is 849. The third-order valence-electron chi connectivity index (χ3n) is 3.81. The molecule has 2 heterocycles. The van der Waals surface area contributed by atoms with Gasteiger partial charge in [0.05, 0.1) is 11.9 Å². The van der Waals surface area contributed by atoms with E-state index in [0.717, 1.165) is 22.7 Å². The molecule has 1 aliphatic carbocycles. The van der Waals surface area contributed by atoms with E-state index in [1.165, 1.54) is 12.8 Å². The summed E-state index contributed by atoms with van der Waals surface area (Å²) in [5, 5.41) is 3.39. The molecule has 0 atom stereocenters. The van der Waals surface area contributed by atoms with Crippen molar-refractivity contribution >= 4 is 17.4 Å². The second kappa shape index (κ2) is 4.84. The van der Waals surface area contributed by atoms with Gasteiger partial charge in [0.15, 0.2) is 11.5 Å². The summed E-state index contributed by atoms with van der Waals surface area (Å²) < 4.78 is 2.00. The quantitative estimate of drug-likeness (QED) is 0.771. The molecule has 0 saturated heterocycles. The van der Waals surface area contributed by atoms with Crippen LogP contribution in [0.5, 0.6) is 0 Å². The van der Waals surface area contributed by atoms with Crippen molar-refractivity contribution < 1.29 is 4.79 Å². The molecule has 0 bridgehead atoms. The largest absolute Gasteiger partial charge is 0.366 e. The van der Waals surface area contributed by atoms with Gasteiger partial charge < -0.3 is 11.1 Å². The SMILES string of the molecule is NC(=O)c1ccc(-c2cnc3c(NC4CC4)nccn23)cc1. The molecule has 4 rings (SSSR count). The third kappa shape index (κ3) is 2.18. The summed E-state index contributed by atoms with van der Waals surface area (Å²) in [6.07, 6.45) is 7.84. The molecule has 6 heteroatoms. The fourth-order valence-corrected chi connectivity index (χ4v) is 2.46. The number of fused-ring (bicyclic) bond motifs is 1. The van der Waals surface area contributed by atoms with Crippen molar-refractivity contribution in [1.82, 2.24) is 14.4 Å². The van der Waals surface area contributed by atoms with E-state index in [1.54, 1.807) is 18.3 Å². The van der Waals surface area contributed by atoms with Crippen LogP contribution in [0, 0.1) is 0 Å². The molecule has 3 N–H and O–H groups in total. The molecule has 1 aromatic carbocycles. The van der Waals surface area contributed by atoms with Crippen molar-refractivity contribution in [2.24, 2.45) is 5.73 Å². The first kappa shape index (κ1) is 12.8. The number of hydrogen-bond acceptors (Lipinski definition) is 4. The zero-order chi connectivity index (χ0) is 15.1. The summed E-state index contributed by atoms with van der Waals surface area (Å²) in [6.45, 7) is 0. The maximum absolute atomic E-state index is 11.2. The second-order valence-electron chi connectivity index (χ2n) is 5.47. The number of rotatable bonds is 4. The zero-order valence-electron chi connectivity index (χ0n) is 11.9. The number of imidazole rings is 1. The molecule has 1 saturated carbocycles. The Morgan fingerprint density at radius 1 is 1.23 bits per heavy atom. The summed E-state index contributed by atoms with van der Waals surface area (Å²) in [4.78, 5) is 20.0. The van der Waals surface area contributed by atoms with Crippen LogP contribution < -0.4 is 11.1 Å². The van der Waals surface area contributed by atoms with E-state index < -0.39 is 5.91 Å². The van der Waals surface area contributed by atoms with E-state index in [-0.39, 0.29) is 0 Å². The maximum atomic E-state index is 11.2. The smallest absolute Gasteiger partial charge is 0.248 e. The van der Waals surface area contributed by atoms with Crippen molar-refractivity contribution in [2.75, 3.05) is 5.32 Å². The van der Waals surface area contributed by atoms with Gasteiger partial charge in [-0.3, -0.25) is 9.20 Å². The van der Waals surface area contributed by atoms with Crippen molar-refractivity contribution in [2.45, 2.75) is 18.9 Å². The van der Waals surface area contributed by atoms with Crippen LogP contribution in [0.1, 0.15) is 23.2 Å². The standard InChI is InChI=1S/C16H15N5O/c17-14(22)11-3-1-10(2-4-11)13-9-19-16-15(20-12-5-6-12)18-7-8-21(13)16/h1-4,7-9,12H,5-6H2,(H2,17,22)(H,18,20). The highest BCUT2D eigenvalue weighted by atomic mass is 16.1. The van der Waals surface area contributed by atoms with Gasteiger partial charge in [0.25, 0.3) is 0 Å². The minimum absolute atomic E-state index is 0.426. The lowest BCUT2D eigenvalue weighted by molar-refractivity contribution is 0.100. The topological polar surface area (TPSA) is 85.3 Å². The molecule has 2 aromatic heterocycles. The van der Waals surface area contributed by atoms with Crippen LogP contribution in [0.15, 0.2) is 42.9 Å². The molecule has 110 valence electrons. The van der Waals surface area contributed by atoms with Gasteiger partial charge in [0, 0.05) is 29.6 Å². The molecule has 0 spiro atoms. The summed E-state index contributed by atoms with van der Waals surface area (Å²) >= 11 is 0. The molecular weight excluding hydrogens is 278 g/mol. The summed E-state index contributed by atoms with van der Waals surface area (Å²) in [5.74, 6) is 0.384. The third-order valence-corrected chi connectivity index (χ3v) is 3.81. The molecule has 0 unspecified atom stereocenters. The van der Waals surface area contributed by atoms with Gasteiger partial charge in [0.2, 0.25) is 5.91 Å². The monoisotopic (exact) mass is 293 g/mol. The first-order chi connectivity index (χ1) is 10.7. The summed E-state index contributed by atoms with van der Waals surface area (Å²) in [6, 6.07) is 7.72. The Labute approximate surface area is 127 Å². The van der Waals surface area contributed by atoms with Gasteiger partial charge in [0.1, 0.15) is 0 Å². The van der Waals surface area contributed by atoms with E-state index in [1.807, 2.05) is 28.9 Å². The fourth-order valence-electron chi connectivity index (χ4n) is 2.46. The van der Waals surface area contributed by atoms with Crippen molar-refractivity contribution in [3.05, 3.63) is 48.4 Å². The van der Waals surface area contributed by atoms with Gasteiger partial charge in [-0.05, 0) is 25.0 Å². The Kier molecular flexibility index (Phi) is 2.82. The molecule has 22 heavy (non-hydrogen) atoms. The van der Waals surface area contributed by atoms with Crippen LogP contribution in [0.3, 0.4) is 0 Å². The fraction of sp³-hybridized carbons (Fsp3) is 0.188. The number of carbonyl (C=O) groups excluding carboxylic acids is 1. The second-order valence-corrected chi connectivity index (χ2v) is 5.47. The minimum Gasteiger partial charge on any atom is -0.366 e. The Balaban J connectivity index is 1.76. The molecule has 0 radical (unpaired) electrons. The van der Waals surface area contributed by atoms with Crippen LogP contribution in [-0.2, 0) is 0 Å². The van der Waals surface area contributed by atoms with Crippen molar-refractivity contribution in [3.63, 3.8) is 0 Å². The number of aromatic nitrogens is 3. The van der Waals surface area contributed by atoms with E-state index in [0.29, 0.717) is 11.6 Å². The van der Waals surface area contributed by atoms with Gasteiger partial charge in [-0.1, -0.05) is 12.1 Å². The van der Waals surface area contributed by atoms with Crippen molar-refractivity contribution in [1.29, 1.82) is 0 Å². The lowest BCUT2D eigenvalue weighted by atomic mass is 10.1. The van der Waals surface area contributed by atoms with Gasteiger partial charge in [-0.2, -0.15) is 0 Å². The Morgan fingerprint density at radius 2 is 2.00 bits per heavy atom. The zero-order valence-corrected chi connectivity index (χ0v) is 11.9. The molecule has 3 aromatic rings. The molecule has 1 amide bonds. The summed E-state index contributed by atoms with van der Waals surface area (Å²) in [7, 11) is 0. The molecular formula is C16H15N5O. The van der Waals surface area contributed by atoms with Gasteiger partial charge >= 0.3 is 0 Å². The Hall–Kier alpha value is -2.89.